The van der Waals surface area contributed by atoms with Crippen molar-refractivity contribution in [3.05, 3.63) is 12.2 Å². The van der Waals surface area contributed by atoms with Crippen molar-refractivity contribution >= 4 is 18.4 Å². The zero-order chi connectivity index (χ0) is 7.56. The molecule has 4 heteroatoms. The van der Waals surface area contributed by atoms with E-state index in [9.17, 15) is 4.79 Å². The van der Waals surface area contributed by atoms with Crippen molar-refractivity contribution in [1.29, 1.82) is 0 Å². The molecule has 0 radical (unpaired) electrons. The van der Waals surface area contributed by atoms with E-state index >= 15 is 0 Å². The van der Waals surface area contributed by atoms with Crippen molar-refractivity contribution in [2.24, 2.45) is 11.7 Å². The molecule has 0 aliphatic heterocycles. The number of carboxylic acids is 1. The van der Waals surface area contributed by atoms with Crippen LogP contribution in [0.2, 0.25) is 0 Å². The summed E-state index contributed by atoms with van der Waals surface area (Å²) in [6.07, 6.45) is 5.21. The van der Waals surface area contributed by atoms with Gasteiger partial charge in [-0.3, -0.25) is 4.79 Å². The van der Waals surface area contributed by atoms with Crippen LogP contribution < -0.4 is 5.73 Å². The van der Waals surface area contributed by atoms with Crippen molar-refractivity contribution in [1.82, 2.24) is 0 Å². The Bertz CT molecular complexity index is 170. The van der Waals surface area contributed by atoms with E-state index in [1.54, 1.807) is 6.08 Å². The van der Waals surface area contributed by atoms with E-state index in [1.807, 2.05) is 6.08 Å². The normalized spacial score (nSPS) is 29.2. The van der Waals surface area contributed by atoms with Gasteiger partial charge in [-0.1, -0.05) is 12.2 Å². The van der Waals surface area contributed by atoms with Crippen molar-refractivity contribution in [2.75, 3.05) is 0 Å². The van der Waals surface area contributed by atoms with Gasteiger partial charge in [-0.05, 0) is 12.8 Å². The highest BCUT2D eigenvalue weighted by Gasteiger charge is 2.24. The highest BCUT2D eigenvalue weighted by Crippen LogP contribution is 2.16. The molecule has 0 saturated carbocycles. The number of carbonyl (C=O) groups is 1. The molecule has 11 heavy (non-hydrogen) atoms. The van der Waals surface area contributed by atoms with Crippen molar-refractivity contribution in [3.8, 4) is 0 Å². The molecule has 0 unspecified atom stereocenters. The zero-order valence-electron chi connectivity index (χ0n) is 6.06. The van der Waals surface area contributed by atoms with Gasteiger partial charge in [0.25, 0.3) is 0 Å². The second kappa shape index (κ2) is 4.36. The molecule has 0 aromatic carbocycles. The molecule has 64 valence electrons. The summed E-state index contributed by atoms with van der Waals surface area (Å²) in [5.41, 5.74) is 5.51. The van der Waals surface area contributed by atoms with Gasteiger partial charge in [-0.25, -0.2) is 0 Å². The first-order valence-electron chi connectivity index (χ1n) is 3.37. The number of rotatable bonds is 1. The fourth-order valence-corrected chi connectivity index (χ4v) is 1.14. The number of carboxylic acid groups (broad SMARTS) is 1. The Morgan fingerprint density at radius 3 is 2.64 bits per heavy atom. The summed E-state index contributed by atoms with van der Waals surface area (Å²) >= 11 is 0. The summed E-state index contributed by atoms with van der Waals surface area (Å²) in [6, 6.07) is -0.286. The molecule has 0 bridgehead atoms. The highest BCUT2D eigenvalue weighted by atomic mass is 35.5. The van der Waals surface area contributed by atoms with Crippen LogP contribution in [0.4, 0.5) is 0 Å². The minimum atomic E-state index is -0.781. The third-order valence-electron chi connectivity index (χ3n) is 1.78. The molecule has 3 N–H and O–H groups in total. The van der Waals surface area contributed by atoms with Crippen molar-refractivity contribution in [2.45, 2.75) is 18.9 Å². The first-order chi connectivity index (χ1) is 4.72. The zero-order valence-corrected chi connectivity index (χ0v) is 6.88. The second-order valence-electron chi connectivity index (χ2n) is 2.53. The Morgan fingerprint density at radius 1 is 1.64 bits per heavy atom. The fraction of sp³-hybridized carbons (Fsp3) is 0.571. The molecule has 0 fully saturated rings. The molecule has 2 atom stereocenters. The van der Waals surface area contributed by atoms with Crippen LogP contribution in [0.5, 0.6) is 0 Å². The molecule has 0 aromatic rings. The summed E-state index contributed by atoms with van der Waals surface area (Å²) in [4.78, 5) is 10.5. The summed E-state index contributed by atoms with van der Waals surface area (Å²) in [6.45, 7) is 0. The highest BCUT2D eigenvalue weighted by molar-refractivity contribution is 5.85. The fourth-order valence-electron chi connectivity index (χ4n) is 1.14. The largest absolute Gasteiger partial charge is 0.481 e. The molecule has 0 aromatic heterocycles. The molecule has 0 saturated heterocycles. The van der Waals surface area contributed by atoms with Gasteiger partial charge >= 0.3 is 5.97 Å². The monoisotopic (exact) mass is 177 g/mol. The predicted octanol–water partition coefficient (Wildman–Crippen LogP) is 0.786. The van der Waals surface area contributed by atoms with Crippen LogP contribution in [0.15, 0.2) is 12.2 Å². The Hall–Kier alpha value is -0.540. The topological polar surface area (TPSA) is 63.3 Å². The van der Waals surface area contributed by atoms with Crippen LogP contribution in [0.25, 0.3) is 0 Å². The van der Waals surface area contributed by atoms with E-state index < -0.39 is 5.97 Å². The Morgan fingerprint density at radius 2 is 2.27 bits per heavy atom. The smallest absolute Gasteiger partial charge is 0.308 e. The Kier molecular flexibility index (Phi) is 4.15. The van der Waals surface area contributed by atoms with E-state index in [-0.39, 0.29) is 24.4 Å². The molecule has 1 aliphatic rings. The molecular weight excluding hydrogens is 166 g/mol. The number of halogens is 1. The standard InChI is InChI=1S/C7H11NO2.ClH/c8-6-4-2-1-3-5(6)7(9)10;/h2,4-6H,1,3,8H2,(H,9,10);1H/t5-,6+;/m1./s1. The third-order valence-corrected chi connectivity index (χ3v) is 1.78. The average Bonchev–Trinajstić information content (AvgIpc) is 1.88. The molecule has 1 rings (SSSR count). The maximum absolute atomic E-state index is 10.5. The first kappa shape index (κ1) is 10.5. The number of allylic oxidation sites excluding steroid dienone is 1. The first-order valence-corrected chi connectivity index (χ1v) is 3.37. The minimum Gasteiger partial charge on any atom is -0.481 e. The van der Waals surface area contributed by atoms with Gasteiger partial charge in [0.15, 0.2) is 0 Å². The van der Waals surface area contributed by atoms with E-state index in [0.29, 0.717) is 6.42 Å². The lowest BCUT2D eigenvalue weighted by Crippen LogP contribution is -2.35. The average molecular weight is 178 g/mol. The Labute approximate surface area is 71.7 Å². The van der Waals surface area contributed by atoms with E-state index in [2.05, 4.69) is 0 Å². The van der Waals surface area contributed by atoms with Crippen LogP contribution >= 0.6 is 12.4 Å². The van der Waals surface area contributed by atoms with E-state index in [1.165, 1.54) is 0 Å². The van der Waals surface area contributed by atoms with Crippen molar-refractivity contribution in [3.63, 3.8) is 0 Å². The quantitative estimate of drug-likeness (QED) is 0.582. The SMILES string of the molecule is Cl.N[C@H]1C=CCC[C@H]1C(=O)O. The lowest BCUT2D eigenvalue weighted by molar-refractivity contribution is -0.142. The maximum Gasteiger partial charge on any atom is 0.308 e. The number of aliphatic carboxylic acids is 1. The lowest BCUT2D eigenvalue weighted by Gasteiger charge is -2.19. The molecule has 0 spiro atoms. The van der Waals surface area contributed by atoms with E-state index in [0.717, 1.165) is 6.42 Å². The summed E-state index contributed by atoms with van der Waals surface area (Å²) < 4.78 is 0. The Balaban J connectivity index is 0.000001000. The molecule has 0 heterocycles. The van der Waals surface area contributed by atoms with Crippen LogP contribution in [-0.2, 0) is 4.79 Å². The minimum absolute atomic E-state index is 0. The third kappa shape index (κ3) is 2.52. The number of nitrogens with two attached hydrogens (primary N) is 1. The van der Waals surface area contributed by atoms with Gasteiger partial charge in [0.05, 0.1) is 5.92 Å². The van der Waals surface area contributed by atoms with Crippen LogP contribution in [0, 0.1) is 5.92 Å². The molecule has 1 aliphatic carbocycles. The van der Waals surface area contributed by atoms with Crippen LogP contribution in [0.1, 0.15) is 12.8 Å². The van der Waals surface area contributed by atoms with Gasteiger partial charge in [-0.15, -0.1) is 12.4 Å². The van der Waals surface area contributed by atoms with Gasteiger partial charge < -0.3 is 10.8 Å². The summed E-state index contributed by atoms with van der Waals surface area (Å²) in [5.74, 6) is -1.15. The molecule has 3 nitrogen and oxygen atoms in total. The maximum atomic E-state index is 10.5. The van der Waals surface area contributed by atoms with Gasteiger partial charge in [-0.2, -0.15) is 0 Å². The lowest BCUT2D eigenvalue weighted by atomic mass is 9.90. The van der Waals surface area contributed by atoms with Crippen molar-refractivity contribution < 1.29 is 9.90 Å². The predicted molar refractivity (Wildman–Crippen MR) is 44.7 cm³/mol. The summed E-state index contributed by atoms with van der Waals surface area (Å²) in [7, 11) is 0. The van der Waals surface area contributed by atoms with Crippen LogP contribution in [-0.4, -0.2) is 17.1 Å². The summed E-state index contributed by atoms with van der Waals surface area (Å²) in [5, 5.41) is 8.59. The molecule has 0 amide bonds. The number of hydrogen-bond acceptors (Lipinski definition) is 2. The van der Waals surface area contributed by atoms with Gasteiger partial charge in [0, 0.05) is 6.04 Å². The molecular formula is C7H12ClNO2. The van der Waals surface area contributed by atoms with E-state index in [4.69, 9.17) is 10.8 Å². The van der Waals surface area contributed by atoms with Gasteiger partial charge in [0.1, 0.15) is 0 Å². The number of hydrogen-bond donors (Lipinski definition) is 2. The van der Waals surface area contributed by atoms with Gasteiger partial charge in [0.2, 0.25) is 0 Å². The van der Waals surface area contributed by atoms with Crippen LogP contribution in [0.3, 0.4) is 0 Å². The second-order valence-corrected chi connectivity index (χ2v) is 2.53.